The Morgan fingerprint density at radius 3 is 2.37 bits per heavy atom. The van der Waals surface area contributed by atoms with E-state index in [2.05, 4.69) is 39.9 Å². The summed E-state index contributed by atoms with van der Waals surface area (Å²) in [4.78, 5) is 12.2. The Labute approximate surface area is 170 Å². The molecular formula is C23H41NO2S. The monoisotopic (exact) mass is 395 g/mol. The van der Waals surface area contributed by atoms with Crippen molar-refractivity contribution < 1.29 is 9.90 Å². The van der Waals surface area contributed by atoms with E-state index >= 15 is 0 Å². The lowest BCUT2D eigenvalue weighted by atomic mass is 9.55. The molecule has 3 nitrogen and oxygen atoms in total. The third-order valence-electron chi connectivity index (χ3n) is 8.12. The number of Topliss-reactive ketones (excluding diaryl/α,β-unsaturated/α-hetero) is 1. The maximum Gasteiger partial charge on any atom is 0.131 e. The average molecular weight is 396 g/mol. The van der Waals surface area contributed by atoms with Gasteiger partial charge in [-0.15, -0.1) is 0 Å². The molecule has 4 heteroatoms. The van der Waals surface area contributed by atoms with Crippen molar-refractivity contribution >= 4 is 17.5 Å². The van der Waals surface area contributed by atoms with Crippen molar-refractivity contribution in [2.45, 2.75) is 115 Å². The molecule has 0 aromatic heterocycles. The first-order valence-corrected chi connectivity index (χ1v) is 12.2. The smallest absolute Gasteiger partial charge is 0.131 e. The molecule has 0 spiro atoms. The number of ketones is 1. The van der Waals surface area contributed by atoms with Gasteiger partial charge in [-0.2, -0.15) is 11.8 Å². The Hall–Kier alpha value is -0.0600. The third kappa shape index (κ3) is 3.64. The summed E-state index contributed by atoms with van der Waals surface area (Å²) < 4.78 is 0. The first kappa shape index (κ1) is 21.6. The molecule has 5 unspecified atom stereocenters. The van der Waals surface area contributed by atoms with Gasteiger partial charge >= 0.3 is 0 Å². The van der Waals surface area contributed by atoms with Crippen LogP contribution in [0.5, 0.6) is 0 Å². The first-order chi connectivity index (χ1) is 12.5. The number of rotatable bonds is 10. The standard InChI is InChI=1S/C23H41NO2S/c1-7-8-9-13-27-19(14-16(2)25)23(26)20(3,4)11-10-12-21(23,5)24-22(6)17-15-18(17)22/h17-19,24,26H,7-15H2,1-6H3. The average Bonchev–Trinajstić information content (AvgIpc) is 3.46. The SMILES string of the molecule is CCCCCSC(CC(C)=O)C1(O)C(C)(C)CCCC1(C)NC1(C)C2CC21. The van der Waals surface area contributed by atoms with Crippen molar-refractivity contribution in [3.8, 4) is 0 Å². The topological polar surface area (TPSA) is 49.3 Å². The van der Waals surface area contributed by atoms with Gasteiger partial charge in [-0.3, -0.25) is 4.79 Å². The summed E-state index contributed by atoms with van der Waals surface area (Å²) in [5.74, 6) is 2.85. The van der Waals surface area contributed by atoms with Crippen LogP contribution >= 0.6 is 11.8 Å². The highest BCUT2D eigenvalue weighted by molar-refractivity contribution is 8.00. The molecule has 5 atom stereocenters. The summed E-state index contributed by atoms with van der Waals surface area (Å²) in [6.45, 7) is 12.9. The van der Waals surface area contributed by atoms with E-state index in [1.54, 1.807) is 6.92 Å². The maximum absolute atomic E-state index is 12.4. The number of carbonyl (C=O) groups is 1. The fourth-order valence-electron chi connectivity index (χ4n) is 6.13. The quantitative estimate of drug-likeness (QED) is 0.514. The number of aliphatic hydroxyl groups is 1. The molecule has 27 heavy (non-hydrogen) atoms. The number of fused-ring (bicyclic) bond motifs is 1. The van der Waals surface area contributed by atoms with Gasteiger partial charge in [0, 0.05) is 22.7 Å². The van der Waals surface area contributed by atoms with Crippen LogP contribution in [0.15, 0.2) is 0 Å². The highest BCUT2D eigenvalue weighted by atomic mass is 32.2. The van der Waals surface area contributed by atoms with E-state index in [-0.39, 0.29) is 27.5 Å². The molecule has 0 bridgehead atoms. The zero-order chi connectivity index (χ0) is 20.1. The van der Waals surface area contributed by atoms with Crippen molar-refractivity contribution in [3.63, 3.8) is 0 Å². The van der Waals surface area contributed by atoms with Gasteiger partial charge in [0.05, 0.1) is 5.60 Å². The van der Waals surface area contributed by atoms with E-state index in [4.69, 9.17) is 0 Å². The molecular weight excluding hydrogens is 354 g/mol. The highest BCUT2D eigenvalue weighted by Crippen LogP contribution is 2.72. The zero-order valence-electron chi connectivity index (χ0n) is 18.4. The molecule has 0 aromatic rings. The maximum atomic E-state index is 12.4. The molecule has 3 fully saturated rings. The lowest BCUT2D eigenvalue weighted by Crippen LogP contribution is -2.75. The second-order valence-corrected chi connectivity index (χ2v) is 12.0. The molecule has 2 N–H and O–H groups in total. The lowest BCUT2D eigenvalue weighted by Gasteiger charge is -2.61. The van der Waals surface area contributed by atoms with Crippen molar-refractivity contribution in [3.05, 3.63) is 0 Å². The highest BCUT2D eigenvalue weighted by Gasteiger charge is 2.76. The Kier molecular flexibility index (Phi) is 5.87. The van der Waals surface area contributed by atoms with E-state index in [1.807, 2.05) is 11.8 Å². The summed E-state index contributed by atoms with van der Waals surface area (Å²) in [7, 11) is 0. The van der Waals surface area contributed by atoms with Crippen LogP contribution in [-0.2, 0) is 4.79 Å². The van der Waals surface area contributed by atoms with Gasteiger partial charge in [-0.1, -0.05) is 40.0 Å². The molecule has 0 amide bonds. The van der Waals surface area contributed by atoms with E-state index in [0.29, 0.717) is 6.42 Å². The van der Waals surface area contributed by atoms with Crippen molar-refractivity contribution in [2.75, 3.05) is 5.75 Å². The second-order valence-electron chi connectivity index (χ2n) is 10.7. The number of hydrogen-bond acceptors (Lipinski definition) is 4. The van der Waals surface area contributed by atoms with Gasteiger partial charge in [-0.05, 0) is 69.5 Å². The molecule has 3 aliphatic rings. The molecule has 0 aliphatic heterocycles. The van der Waals surface area contributed by atoms with Crippen LogP contribution in [0, 0.1) is 17.3 Å². The zero-order valence-corrected chi connectivity index (χ0v) is 19.2. The molecule has 0 heterocycles. The summed E-state index contributed by atoms with van der Waals surface area (Å²) in [6, 6.07) is 0. The molecule has 0 aromatic carbocycles. The van der Waals surface area contributed by atoms with Crippen LogP contribution in [0.25, 0.3) is 0 Å². The number of nitrogens with one attached hydrogen (secondary N) is 1. The molecule has 3 aliphatic carbocycles. The van der Waals surface area contributed by atoms with Gasteiger partial charge in [0.15, 0.2) is 0 Å². The van der Waals surface area contributed by atoms with Crippen LogP contribution in [0.3, 0.4) is 0 Å². The summed E-state index contributed by atoms with van der Waals surface area (Å²) in [5.41, 5.74) is -1.22. The fraction of sp³-hybridized carbons (Fsp3) is 0.957. The van der Waals surface area contributed by atoms with Gasteiger partial charge in [0.1, 0.15) is 5.78 Å². The van der Waals surface area contributed by atoms with Crippen molar-refractivity contribution in [1.29, 1.82) is 0 Å². The Morgan fingerprint density at radius 2 is 1.85 bits per heavy atom. The van der Waals surface area contributed by atoms with Gasteiger partial charge in [-0.25, -0.2) is 0 Å². The predicted molar refractivity (Wildman–Crippen MR) is 115 cm³/mol. The van der Waals surface area contributed by atoms with Gasteiger partial charge < -0.3 is 10.4 Å². The minimum atomic E-state index is -0.890. The largest absolute Gasteiger partial charge is 0.386 e. The van der Waals surface area contributed by atoms with Crippen LogP contribution in [0.4, 0.5) is 0 Å². The number of carbonyl (C=O) groups excluding carboxylic acids is 1. The van der Waals surface area contributed by atoms with Gasteiger partial charge in [0.2, 0.25) is 0 Å². The van der Waals surface area contributed by atoms with Crippen molar-refractivity contribution in [2.24, 2.45) is 17.3 Å². The Bertz CT molecular complexity index is 569. The molecule has 0 saturated heterocycles. The minimum absolute atomic E-state index is 0.0432. The van der Waals surface area contributed by atoms with Gasteiger partial charge in [0.25, 0.3) is 0 Å². The first-order valence-electron chi connectivity index (χ1n) is 11.1. The number of thioether (sulfide) groups is 1. The third-order valence-corrected chi connectivity index (χ3v) is 9.56. The Balaban J connectivity index is 1.87. The molecule has 3 saturated carbocycles. The Morgan fingerprint density at radius 1 is 1.19 bits per heavy atom. The van der Waals surface area contributed by atoms with E-state index in [1.165, 1.54) is 19.3 Å². The normalized spacial score (nSPS) is 43.1. The molecule has 0 radical (unpaired) electrons. The molecule has 3 rings (SSSR count). The number of hydrogen-bond donors (Lipinski definition) is 2. The second kappa shape index (κ2) is 7.32. The van der Waals surface area contributed by atoms with Crippen LogP contribution in [0.1, 0.15) is 92.9 Å². The summed E-state index contributed by atoms with van der Waals surface area (Å²) in [6.07, 6.45) is 8.56. The minimum Gasteiger partial charge on any atom is -0.386 e. The number of unbranched alkanes of at least 4 members (excludes halogenated alkanes) is 2. The fourth-order valence-corrected chi connectivity index (χ4v) is 7.96. The lowest BCUT2D eigenvalue weighted by molar-refractivity contribution is -0.164. The van der Waals surface area contributed by atoms with E-state index in [0.717, 1.165) is 43.3 Å². The summed E-state index contributed by atoms with van der Waals surface area (Å²) >= 11 is 1.85. The van der Waals surface area contributed by atoms with E-state index in [9.17, 15) is 9.90 Å². The molecule has 156 valence electrons. The van der Waals surface area contributed by atoms with E-state index < -0.39 is 5.60 Å². The van der Waals surface area contributed by atoms with Crippen LogP contribution < -0.4 is 5.32 Å². The van der Waals surface area contributed by atoms with Crippen LogP contribution in [-0.4, -0.2) is 38.6 Å². The predicted octanol–water partition coefficient (Wildman–Crippen LogP) is 4.96. The van der Waals surface area contributed by atoms with Crippen LogP contribution in [0.2, 0.25) is 0 Å². The van der Waals surface area contributed by atoms with Crippen molar-refractivity contribution in [1.82, 2.24) is 5.32 Å². The summed E-state index contributed by atoms with van der Waals surface area (Å²) in [5, 5.41) is 16.4.